The molecule has 0 spiro atoms. The topological polar surface area (TPSA) is 128 Å². The second kappa shape index (κ2) is 13.1. The number of rotatable bonds is 12. The molecule has 0 aliphatic heterocycles. The maximum Gasteiger partial charge on any atom is 0.411 e. The summed E-state index contributed by atoms with van der Waals surface area (Å²) < 4.78 is 5.50. The van der Waals surface area contributed by atoms with E-state index in [9.17, 15) is 19.6 Å². The number of carbonyl (C=O) groups is 3. The summed E-state index contributed by atoms with van der Waals surface area (Å²) >= 11 is 0. The molecule has 9 nitrogen and oxygen atoms in total. The second-order valence-electron chi connectivity index (χ2n) is 10.0. The van der Waals surface area contributed by atoms with Crippen LogP contribution in [0.5, 0.6) is 0 Å². The van der Waals surface area contributed by atoms with E-state index in [1.807, 2.05) is 42.5 Å². The van der Waals surface area contributed by atoms with Crippen LogP contribution in [0.4, 0.5) is 10.5 Å². The molecule has 0 bridgehead atoms. The number of hydroxylamine groups is 2. The van der Waals surface area contributed by atoms with Crippen LogP contribution in [0, 0.1) is 0 Å². The summed E-state index contributed by atoms with van der Waals surface area (Å²) in [5.74, 6) is -2.01. The van der Waals surface area contributed by atoms with Crippen LogP contribution in [-0.2, 0) is 27.5 Å². The number of hydrogen-bond acceptors (Lipinski definition) is 6. The SMILES string of the molecule is O=C(O)/C=C/C(=O)N(O)CCCCNCc1ccc(COC(=O)Nc2ccc3ccc4cccc5ccc2c3c45)cc1. The minimum Gasteiger partial charge on any atom is -0.478 e. The van der Waals surface area contributed by atoms with Gasteiger partial charge >= 0.3 is 12.1 Å². The van der Waals surface area contributed by atoms with E-state index in [1.165, 1.54) is 16.2 Å². The first-order valence-electron chi connectivity index (χ1n) is 13.7. The second-order valence-corrected chi connectivity index (χ2v) is 10.0. The van der Waals surface area contributed by atoms with Crippen LogP contribution in [0.1, 0.15) is 24.0 Å². The van der Waals surface area contributed by atoms with Gasteiger partial charge in [-0.05, 0) is 63.5 Å². The van der Waals surface area contributed by atoms with Crippen LogP contribution in [0.3, 0.4) is 0 Å². The van der Waals surface area contributed by atoms with Gasteiger partial charge in [-0.25, -0.2) is 14.7 Å². The molecule has 0 saturated carbocycles. The minimum atomic E-state index is -1.25. The van der Waals surface area contributed by atoms with Crippen molar-refractivity contribution in [2.45, 2.75) is 26.0 Å². The molecule has 4 N–H and O–H groups in total. The Morgan fingerprint density at radius 2 is 1.45 bits per heavy atom. The number of hydrogen-bond donors (Lipinski definition) is 4. The number of unbranched alkanes of at least 4 members (excludes halogenated alkanes) is 1. The molecule has 0 aromatic heterocycles. The number of amides is 2. The first kappa shape index (κ1) is 28.5. The van der Waals surface area contributed by atoms with Crippen molar-refractivity contribution in [3.05, 3.63) is 102 Å². The number of carboxylic acids is 1. The van der Waals surface area contributed by atoms with E-state index in [0.29, 0.717) is 36.3 Å². The van der Waals surface area contributed by atoms with Crippen LogP contribution < -0.4 is 10.6 Å². The normalized spacial score (nSPS) is 11.5. The predicted molar refractivity (Wildman–Crippen MR) is 162 cm³/mol. The molecular weight excluding hydrogens is 534 g/mol. The van der Waals surface area contributed by atoms with Gasteiger partial charge in [-0.3, -0.25) is 15.3 Å². The van der Waals surface area contributed by atoms with Crippen LogP contribution in [-0.4, -0.2) is 46.4 Å². The molecule has 0 fully saturated rings. The molecule has 9 heteroatoms. The highest BCUT2D eigenvalue weighted by Crippen LogP contribution is 2.37. The largest absolute Gasteiger partial charge is 0.478 e. The fourth-order valence-corrected chi connectivity index (χ4v) is 4.98. The maximum atomic E-state index is 12.7. The van der Waals surface area contributed by atoms with E-state index in [0.717, 1.165) is 39.8 Å². The Morgan fingerprint density at radius 3 is 2.19 bits per heavy atom. The van der Waals surface area contributed by atoms with Gasteiger partial charge in [0.1, 0.15) is 6.61 Å². The van der Waals surface area contributed by atoms with Crippen molar-refractivity contribution in [1.29, 1.82) is 0 Å². The van der Waals surface area contributed by atoms with Crippen molar-refractivity contribution in [2.75, 3.05) is 18.4 Å². The highest BCUT2D eigenvalue weighted by molar-refractivity contribution is 6.25. The lowest BCUT2D eigenvalue weighted by molar-refractivity contribution is -0.159. The molecule has 0 heterocycles. The summed E-state index contributed by atoms with van der Waals surface area (Å²) in [6, 6.07) is 26.3. The van der Waals surface area contributed by atoms with Crippen molar-refractivity contribution in [3.8, 4) is 0 Å². The number of benzene rings is 5. The third-order valence-corrected chi connectivity index (χ3v) is 7.08. The Bertz CT molecular complexity index is 1730. The summed E-state index contributed by atoms with van der Waals surface area (Å²) in [7, 11) is 0. The van der Waals surface area contributed by atoms with E-state index in [-0.39, 0.29) is 13.2 Å². The average molecular weight is 566 g/mol. The maximum absolute atomic E-state index is 12.7. The van der Waals surface area contributed by atoms with E-state index in [4.69, 9.17) is 9.84 Å². The monoisotopic (exact) mass is 565 g/mol. The van der Waals surface area contributed by atoms with Crippen LogP contribution in [0.25, 0.3) is 32.3 Å². The molecule has 0 saturated heterocycles. The number of anilines is 1. The zero-order valence-electron chi connectivity index (χ0n) is 22.9. The zero-order valence-corrected chi connectivity index (χ0v) is 22.9. The smallest absolute Gasteiger partial charge is 0.411 e. The van der Waals surface area contributed by atoms with E-state index in [1.54, 1.807) is 0 Å². The number of aliphatic carboxylic acids is 1. The molecule has 0 unspecified atom stereocenters. The Kier molecular flexibility index (Phi) is 8.91. The lowest BCUT2D eigenvalue weighted by Crippen LogP contribution is -2.27. The molecule has 0 atom stereocenters. The van der Waals surface area contributed by atoms with Gasteiger partial charge in [-0.2, -0.15) is 0 Å². The highest BCUT2D eigenvalue weighted by Gasteiger charge is 2.13. The van der Waals surface area contributed by atoms with Crippen molar-refractivity contribution in [3.63, 3.8) is 0 Å². The van der Waals surface area contributed by atoms with Crippen molar-refractivity contribution in [2.24, 2.45) is 0 Å². The third kappa shape index (κ3) is 6.83. The standard InChI is InChI=1S/C33H31N3O6/c37-29(16-17-30(38)39)36(41)19-2-1-18-34-20-22-6-8-23(9-7-22)21-42-33(40)35-28-15-13-26-11-10-24-4-3-5-25-12-14-27(28)32(26)31(24)25/h3-17,34,41H,1-2,18-21H2,(H,35,40)(H,38,39)/b17-16+. The van der Waals surface area contributed by atoms with E-state index >= 15 is 0 Å². The number of nitrogens with one attached hydrogen (secondary N) is 2. The summed E-state index contributed by atoms with van der Waals surface area (Å²) in [4.78, 5) is 34.6. The molecule has 0 aliphatic carbocycles. The summed E-state index contributed by atoms with van der Waals surface area (Å²) in [6.07, 6.45) is 2.27. The lowest BCUT2D eigenvalue weighted by atomic mass is 9.93. The fourth-order valence-electron chi connectivity index (χ4n) is 4.98. The lowest BCUT2D eigenvalue weighted by Gasteiger charge is -2.14. The quantitative estimate of drug-likeness (QED) is 0.0476. The molecule has 0 aliphatic rings. The van der Waals surface area contributed by atoms with Crippen LogP contribution >= 0.6 is 0 Å². The van der Waals surface area contributed by atoms with Crippen LogP contribution in [0.15, 0.2) is 91.0 Å². The van der Waals surface area contributed by atoms with Gasteiger partial charge in [-0.1, -0.05) is 72.8 Å². The molecule has 5 aromatic rings. The van der Waals surface area contributed by atoms with Crippen molar-refractivity contribution < 1.29 is 29.4 Å². The summed E-state index contributed by atoms with van der Waals surface area (Å²) in [5, 5.41) is 31.6. The molecule has 42 heavy (non-hydrogen) atoms. The molecule has 5 aromatic carbocycles. The summed E-state index contributed by atoms with van der Waals surface area (Å²) in [5.41, 5.74) is 2.64. The Labute approximate surface area is 242 Å². The van der Waals surface area contributed by atoms with Gasteiger partial charge in [0.15, 0.2) is 0 Å². The Balaban J connectivity index is 1.06. The van der Waals surface area contributed by atoms with Crippen LogP contribution in [0.2, 0.25) is 0 Å². The molecular formula is C33H31N3O6. The van der Waals surface area contributed by atoms with Gasteiger partial charge in [0.2, 0.25) is 0 Å². The van der Waals surface area contributed by atoms with Gasteiger partial charge in [0.25, 0.3) is 5.91 Å². The number of carbonyl (C=O) groups excluding carboxylic acids is 2. The predicted octanol–water partition coefficient (Wildman–Crippen LogP) is 6.06. The Hall–Kier alpha value is -4.99. The van der Waals surface area contributed by atoms with Gasteiger partial charge < -0.3 is 15.2 Å². The average Bonchev–Trinajstić information content (AvgIpc) is 3.00. The molecule has 5 rings (SSSR count). The fraction of sp³-hybridized carbons (Fsp3) is 0.182. The highest BCUT2D eigenvalue weighted by atomic mass is 16.5. The number of nitrogens with zero attached hydrogens (tertiary/aromatic N) is 1. The van der Waals surface area contributed by atoms with E-state index in [2.05, 4.69) is 47.0 Å². The molecule has 2 amide bonds. The van der Waals surface area contributed by atoms with Crippen molar-refractivity contribution in [1.82, 2.24) is 10.4 Å². The molecule has 0 radical (unpaired) electrons. The van der Waals surface area contributed by atoms with Gasteiger partial charge in [0, 0.05) is 30.6 Å². The summed E-state index contributed by atoms with van der Waals surface area (Å²) in [6.45, 7) is 1.58. The minimum absolute atomic E-state index is 0.115. The van der Waals surface area contributed by atoms with Crippen molar-refractivity contribution >= 4 is 56.0 Å². The van der Waals surface area contributed by atoms with Gasteiger partial charge in [0.05, 0.1) is 5.69 Å². The molecule has 214 valence electrons. The first-order chi connectivity index (χ1) is 20.4. The van der Waals surface area contributed by atoms with E-state index < -0.39 is 18.0 Å². The zero-order chi connectivity index (χ0) is 29.5. The third-order valence-electron chi connectivity index (χ3n) is 7.08. The number of ether oxygens (including phenoxy) is 1. The Morgan fingerprint density at radius 1 is 0.786 bits per heavy atom. The number of carboxylic acid groups (broad SMARTS) is 1. The first-order valence-corrected chi connectivity index (χ1v) is 13.7. The van der Waals surface area contributed by atoms with Gasteiger partial charge in [-0.15, -0.1) is 0 Å².